The van der Waals surface area contributed by atoms with E-state index in [0.717, 1.165) is 114 Å². The van der Waals surface area contributed by atoms with Gasteiger partial charge in [-0.15, -0.1) is 0 Å². The van der Waals surface area contributed by atoms with E-state index in [1.165, 1.54) is 0 Å². The molecule has 2 fully saturated rings. The van der Waals surface area contributed by atoms with Crippen LogP contribution in [0.5, 0.6) is 11.5 Å². The van der Waals surface area contributed by atoms with E-state index in [0.29, 0.717) is 36.2 Å². The minimum absolute atomic E-state index is 0.0375. The summed E-state index contributed by atoms with van der Waals surface area (Å²) in [5.74, 6) is 2.23. The molecule has 254 valence electrons. The lowest BCUT2D eigenvalue weighted by molar-refractivity contribution is -0.000154. The summed E-state index contributed by atoms with van der Waals surface area (Å²) in [6, 6.07) is 14.4. The molecule has 2 aromatic rings. The third-order valence-corrected chi connectivity index (χ3v) is 9.47. The number of aliphatic hydroxyl groups excluding tert-OH is 2. The molecule has 2 N–H and O–H groups in total. The van der Waals surface area contributed by atoms with Crippen molar-refractivity contribution < 1.29 is 38.7 Å². The average Bonchev–Trinajstić information content (AvgIpc) is 3.09. The fraction of sp³-hybridized carbons (Fsp3) is 0.632. The molecule has 8 heteroatoms. The maximum absolute atomic E-state index is 12.8. The van der Waals surface area contributed by atoms with Crippen LogP contribution in [0.4, 0.5) is 0 Å². The summed E-state index contributed by atoms with van der Waals surface area (Å²) in [6.07, 6.45) is 15.4. The van der Waals surface area contributed by atoms with Gasteiger partial charge in [-0.3, -0.25) is 0 Å². The smallest absolute Gasteiger partial charge is 0.338 e. The summed E-state index contributed by atoms with van der Waals surface area (Å²) in [4.78, 5) is 25.5. The van der Waals surface area contributed by atoms with Gasteiger partial charge < -0.3 is 29.2 Å². The van der Waals surface area contributed by atoms with Gasteiger partial charge in [-0.25, -0.2) is 9.59 Å². The number of hydrogen-bond acceptors (Lipinski definition) is 8. The normalized spacial score (nSPS) is 21.3. The second kappa shape index (κ2) is 20.2. The molecule has 2 saturated carbocycles. The van der Waals surface area contributed by atoms with Gasteiger partial charge in [0.25, 0.3) is 0 Å². The monoisotopic (exact) mass is 638 g/mol. The molecule has 2 aliphatic rings. The molecular weight excluding hydrogens is 584 g/mol. The molecule has 0 amide bonds. The third-order valence-electron chi connectivity index (χ3n) is 9.47. The highest BCUT2D eigenvalue weighted by molar-refractivity contribution is 5.90. The first kappa shape index (κ1) is 35.7. The van der Waals surface area contributed by atoms with Gasteiger partial charge in [0.2, 0.25) is 0 Å². The van der Waals surface area contributed by atoms with E-state index >= 15 is 0 Å². The number of hydrogen-bond donors (Lipinski definition) is 2. The van der Waals surface area contributed by atoms with Crippen LogP contribution in [0.2, 0.25) is 0 Å². The largest absolute Gasteiger partial charge is 0.494 e. The van der Waals surface area contributed by atoms with Crippen LogP contribution in [0.3, 0.4) is 0 Å². The number of rotatable bonds is 19. The number of carbonyl (C=O) groups excluding carboxylic acids is 2. The van der Waals surface area contributed by atoms with Crippen molar-refractivity contribution in [3.63, 3.8) is 0 Å². The predicted octanol–water partition coefficient (Wildman–Crippen LogP) is 7.68. The first-order chi connectivity index (χ1) is 22.6. The van der Waals surface area contributed by atoms with Crippen molar-refractivity contribution in [2.24, 2.45) is 11.8 Å². The van der Waals surface area contributed by atoms with Crippen molar-refractivity contribution in [3.8, 4) is 11.5 Å². The molecule has 2 aromatic carbocycles. The highest BCUT2D eigenvalue weighted by atomic mass is 16.5. The van der Waals surface area contributed by atoms with E-state index in [1.54, 1.807) is 24.3 Å². The SMILES string of the molecule is O=C(OC1CCC(C2CCC(OC(=O)c3ccc(OCCCCCCO)cc3)CC2)CC1)c1ccc(OCCCCCCO)cc1. The number of carbonyl (C=O) groups is 2. The van der Waals surface area contributed by atoms with Crippen LogP contribution in [0.25, 0.3) is 0 Å². The molecule has 8 nitrogen and oxygen atoms in total. The number of aliphatic hydroxyl groups is 2. The number of esters is 2. The molecule has 0 aromatic heterocycles. The van der Waals surface area contributed by atoms with E-state index in [9.17, 15) is 9.59 Å². The first-order valence-electron chi connectivity index (χ1n) is 17.6. The molecule has 0 spiro atoms. The Hall–Kier alpha value is -3.10. The lowest BCUT2D eigenvalue weighted by Gasteiger charge is -2.37. The second-order valence-corrected chi connectivity index (χ2v) is 12.9. The molecule has 46 heavy (non-hydrogen) atoms. The Labute approximate surface area is 274 Å². The summed E-state index contributed by atoms with van der Waals surface area (Å²) < 4.78 is 23.3. The van der Waals surface area contributed by atoms with Gasteiger partial charge >= 0.3 is 11.9 Å². The van der Waals surface area contributed by atoms with Crippen LogP contribution in [-0.4, -0.2) is 60.8 Å². The zero-order chi connectivity index (χ0) is 32.4. The Morgan fingerprint density at radius 2 is 0.848 bits per heavy atom. The van der Waals surface area contributed by atoms with Crippen molar-refractivity contribution in [1.82, 2.24) is 0 Å². The minimum atomic E-state index is -0.270. The van der Waals surface area contributed by atoms with E-state index in [-0.39, 0.29) is 37.4 Å². The standard InChI is InChI=1S/C38H54O8/c39-25-5-1-3-7-27-43-33-17-13-31(14-18-33)37(41)45-35-21-9-29(10-22-35)30-11-23-36(24-12-30)46-38(42)32-15-19-34(20-16-32)44-28-8-4-2-6-26-40/h13-20,29-30,35-36,39-40H,1-12,21-28H2. The van der Waals surface area contributed by atoms with Crippen molar-refractivity contribution in [2.75, 3.05) is 26.4 Å². The van der Waals surface area contributed by atoms with E-state index in [4.69, 9.17) is 29.2 Å². The Morgan fingerprint density at radius 3 is 1.20 bits per heavy atom. The molecule has 0 radical (unpaired) electrons. The molecule has 0 unspecified atom stereocenters. The van der Waals surface area contributed by atoms with Crippen molar-refractivity contribution in [3.05, 3.63) is 59.7 Å². The van der Waals surface area contributed by atoms with Crippen LogP contribution >= 0.6 is 0 Å². The number of ether oxygens (including phenoxy) is 4. The van der Waals surface area contributed by atoms with Gasteiger partial charge in [0.05, 0.1) is 24.3 Å². The Kier molecular flexibility index (Phi) is 15.7. The number of benzene rings is 2. The fourth-order valence-electron chi connectivity index (χ4n) is 6.68. The predicted molar refractivity (Wildman–Crippen MR) is 177 cm³/mol. The Balaban J connectivity index is 1.08. The Bertz CT molecular complexity index is 1040. The summed E-state index contributed by atoms with van der Waals surface area (Å²) in [7, 11) is 0. The van der Waals surface area contributed by atoms with Crippen molar-refractivity contribution in [1.29, 1.82) is 0 Å². The molecule has 2 aliphatic carbocycles. The summed E-state index contributed by atoms with van der Waals surface area (Å²) in [5.41, 5.74) is 1.10. The zero-order valence-electron chi connectivity index (χ0n) is 27.4. The Morgan fingerprint density at radius 1 is 0.500 bits per heavy atom. The highest BCUT2D eigenvalue weighted by Crippen LogP contribution is 2.40. The van der Waals surface area contributed by atoms with Gasteiger partial charge in [-0.05, 0) is 150 Å². The third kappa shape index (κ3) is 12.3. The van der Waals surface area contributed by atoms with Gasteiger partial charge in [-0.2, -0.15) is 0 Å². The summed E-state index contributed by atoms with van der Waals surface area (Å²) in [5, 5.41) is 17.7. The van der Waals surface area contributed by atoms with Crippen LogP contribution in [0.15, 0.2) is 48.5 Å². The summed E-state index contributed by atoms with van der Waals surface area (Å²) in [6.45, 7) is 1.74. The average molecular weight is 639 g/mol. The quantitative estimate of drug-likeness (QED) is 0.119. The topological polar surface area (TPSA) is 112 Å². The van der Waals surface area contributed by atoms with Crippen LogP contribution in [0.1, 0.15) is 123 Å². The van der Waals surface area contributed by atoms with Crippen LogP contribution in [0, 0.1) is 11.8 Å². The second-order valence-electron chi connectivity index (χ2n) is 12.9. The maximum atomic E-state index is 12.8. The van der Waals surface area contributed by atoms with Crippen molar-refractivity contribution >= 4 is 11.9 Å². The van der Waals surface area contributed by atoms with E-state index in [2.05, 4.69) is 0 Å². The van der Waals surface area contributed by atoms with Gasteiger partial charge in [0.1, 0.15) is 23.7 Å². The fourth-order valence-corrected chi connectivity index (χ4v) is 6.68. The zero-order valence-corrected chi connectivity index (χ0v) is 27.4. The van der Waals surface area contributed by atoms with Crippen LogP contribution in [-0.2, 0) is 9.47 Å². The molecule has 0 bridgehead atoms. The highest BCUT2D eigenvalue weighted by Gasteiger charge is 2.33. The minimum Gasteiger partial charge on any atom is -0.494 e. The molecule has 4 rings (SSSR count). The van der Waals surface area contributed by atoms with Crippen LogP contribution < -0.4 is 9.47 Å². The summed E-state index contributed by atoms with van der Waals surface area (Å²) >= 11 is 0. The molecule has 0 aliphatic heterocycles. The van der Waals surface area contributed by atoms with E-state index in [1.807, 2.05) is 24.3 Å². The van der Waals surface area contributed by atoms with Gasteiger partial charge in [-0.1, -0.05) is 12.8 Å². The number of unbranched alkanes of at least 4 members (excludes halogenated alkanes) is 6. The first-order valence-corrected chi connectivity index (χ1v) is 17.6. The van der Waals surface area contributed by atoms with Crippen molar-refractivity contribution in [2.45, 2.75) is 115 Å². The lowest BCUT2D eigenvalue weighted by Crippen LogP contribution is -2.32. The maximum Gasteiger partial charge on any atom is 0.338 e. The van der Waals surface area contributed by atoms with Gasteiger partial charge in [0.15, 0.2) is 0 Å². The lowest BCUT2D eigenvalue weighted by atomic mass is 9.72. The molecular formula is C38H54O8. The molecule has 0 saturated heterocycles. The van der Waals surface area contributed by atoms with E-state index < -0.39 is 0 Å². The van der Waals surface area contributed by atoms with Gasteiger partial charge in [0, 0.05) is 13.2 Å². The molecule has 0 heterocycles. The molecule has 0 atom stereocenters.